The Bertz CT molecular complexity index is 1200. The van der Waals surface area contributed by atoms with Gasteiger partial charge < -0.3 is 9.88 Å². The summed E-state index contributed by atoms with van der Waals surface area (Å²) in [6.45, 7) is 3.10. The van der Waals surface area contributed by atoms with Gasteiger partial charge >= 0.3 is 5.69 Å². The highest BCUT2D eigenvalue weighted by Crippen LogP contribution is 2.44. The highest BCUT2D eigenvalue weighted by Gasteiger charge is 2.30. The summed E-state index contributed by atoms with van der Waals surface area (Å²) in [5.41, 5.74) is -1.35. The molecule has 1 aromatic heterocycles. The zero-order valence-electron chi connectivity index (χ0n) is 14.7. The maximum absolute atomic E-state index is 11.8. The zero-order chi connectivity index (χ0) is 20.7. The first kappa shape index (κ1) is 18.7. The average molecular weight is 387 g/mol. The lowest BCUT2D eigenvalue weighted by Gasteiger charge is -2.06. The van der Waals surface area contributed by atoms with Crippen LogP contribution in [0.15, 0.2) is 24.3 Å². The molecule has 2 aromatic carbocycles. The van der Waals surface area contributed by atoms with Crippen molar-refractivity contribution < 1.29 is 19.6 Å². The number of carbonyl (C=O) groups excluding carboxylic acids is 1. The van der Waals surface area contributed by atoms with Crippen LogP contribution in [0.1, 0.15) is 13.8 Å². The van der Waals surface area contributed by atoms with Gasteiger partial charge in [0.25, 0.3) is 11.4 Å². The number of hydrogen-bond donors (Lipinski definition) is 1. The van der Waals surface area contributed by atoms with Crippen molar-refractivity contribution in [2.75, 3.05) is 5.32 Å². The van der Waals surface area contributed by atoms with Crippen molar-refractivity contribution in [3.8, 4) is 0 Å². The van der Waals surface area contributed by atoms with Crippen LogP contribution in [0.5, 0.6) is 0 Å². The van der Waals surface area contributed by atoms with Crippen LogP contribution in [-0.4, -0.2) is 25.2 Å². The van der Waals surface area contributed by atoms with Crippen LogP contribution < -0.4 is 5.32 Å². The molecule has 0 atom stereocenters. The smallest absolute Gasteiger partial charge is 0.302 e. The molecule has 0 aliphatic heterocycles. The molecule has 0 saturated heterocycles. The van der Waals surface area contributed by atoms with E-state index in [1.54, 1.807) is 6.92 Å². The van der Waals surface area contributed by atoms with Crippen LogP contribution in [0, 0.1) is 30.3 Å². The molecule has 28 heavy (non-hydrogen) atoms. The summed E-state index contributed by atoms with van der Waals surface area (Å²) in [4.78, 5) is 43.7. The number of aromatic nitrogens is 1. The predicted octanol–water partition coefficient (Wildman–Crippen LogP) is 3.50. The van der Waals surface area contributed by atoms with Gasteiger partial charge in [-0.2, -0.15) is 0 Å². The summed E-state index contributed by atoms with van der Waals surface area (Å²) in [6.07, 6.45) is 0. The fourth-order valence-electron chi connectivity index (χ4n) is 3.32. The van der Waals surface area contributed by atoms with E-state index in [0.29, 0.717) is 5.52 Å². The Morgan fingerprint density at radius 3 is 2.25 bits per heavy atom. The summed E-state index contributed by atoms with van der Waals surface area (Å²) in [6, 6.07) is 4.70. The molecule has 1 N–H and O–H groups in total. The van der Waals surface area contributed by atoms with E-state index in [-0.39, 0.29) is 28.5 Å². The van der Waals surface area contributed by atoms with Gasteiger partial charge in [0.05, 0.1) is 31.7 Å². The molecule has 0 unspecified atom stereocenters. The zero-order valence-corrected chi connectivity index (χ0v) is 14.7. The number of non-ortho nitro benzene ring substituents is 2. The number of nitro benzene ring substituents is 3. The second-order valence-corrected chi connectivity index (χ2v) is 5.91. The van der Waals surface area contributed by atoms with Crippen LogP contribution in [0.2, 0.25) is 0 Å². The van der Waals surface area contributed by atoms with Gasteiger partial charge in [0.2, 0.25) is 5.91 Å². The Hall–Kier alpha value is -4.09. The molecule has 12 nitrogen and oxygen atoms in total. The molecular formula is C16H13N5O7. The third-order valence-electron chi connectivity index (χ3n) is 4.28. The van der Waals surface area contributed by atoms with E-state index >= 15 is 0 Å². The number of benzene rings is 2. The maximum atomic E-state index is 11.8. The van der Waals surface area contributed by atoms with E-state index in [9.17, 15) is 35.1 Å². The fraction of sp³-hybridized carbons (Fsp3) is 0.188. The van der Waals surface area contributed by atoms with Crippen molar-refractivity contribution in [3.63, 3.8) is 0 Å². The topological polar surface area (TPSA) is 163 Å². The lowest BCUT2D eigenvalue weighted by Crippen LogP contribution is -2.08. The van der Waals surface area contributed by atoms with Crippen molar-refractivity contribution in [2.24, 2.45) is 0 Å². The number of hydrogen-bond acceptors (Lipinski definition) is 7. The lowest BCUT2D eigenvalue weighted by atomic mass is 10.1. The van der Waals surface area contributed by atoms with Gasteiger partial charge in [-0.15, -0.1) is 0 Å². The third-order valence-corrected chi connectivity index (χ3v) is 4.28. The second-order valence-electron chi connectivity index (χ2n) is 5.91. The number of amides is 1. The van der Waals surface area contributed by atoms with Crippen molar-refractivity contribution in [2.45, 2.75) is 20.4 Å². The van der Waals surface area contributed by atoms with Gasteiger partial charge in [0.1, 0.15) is 11.2 Å². The molecular weight excluding hydrogens is 374 g/mol. The fourth-order valence-corrected chi connectivity index (χ4v) is 3.32. The largest absolute Gasteiger partial charge is 0.335 e. The molecule has 1 heterocycles. The Labute approximate surface area is 155 Å². The van der Waals surface area contributed by atoms with Crippen LogP contribution in [0.25, 0.3) is 21.8 Å². The summed E-state index contributed by atoms with van der Waals surface area (Å²) in [5, 5.41) is 36.9. The third kappa shape index (κ3) is 2.76. The number of anilines is 1. The Morgan fingerprint density at radius 1 is 1.07 bits per heavy atom. The molecule has 3 rings (SSSR count). The van der Waals surface area contributed by atoms with Gasteiger partial charge in [0, 0.05) is 24.9 Å². The van der Waals surface area contributed by atoms with Gasteiger partial charge in [-0.3, -0.25) is 35.1 Å². The Kier molecular flexibility index (Phi) is 4.39. The van der Waals surface area contributed by atoms with Crippen molar-refractivity contribution in [3.05, 3.63) is 54.6 Å². The van der Waals surface area contributed by atoms with Gasteiger partial charge in [0.15, 0.2) is 0 Å². The number of nitrogens with one attached hydrogen (secondary N) is 1. The predicted molar refractivity (Wildman–Crippen MR) is 99.4 cm³/mol. The number of aryl methyl sites for hydroxylation is 1. The van der Waals surface area contributed by atoms with Crippen LogP contribution in [0.4, 0.5) is 22.7 Å². The minimum Gasteiger partial charge on any atom is -0.335 e. The average Bonchev–Trinajstić information content (AvgIpc) is 2.93. The molecule has 0 fully saturated rings. The number of rotatable bonds is 5. The van der Waals surface area contributed by atoms with Crippen molar-refractivity contribution in [1.82, 2.24) is 4.57 Å². The summed E-state index contributed by atoms with van der Waals surface area (Å²) in [5.74, 6) is -0.543. The minimum absolute atomic E-state index is 0.00310. The molecule has 0 aliphatic carbocycles. The monoisotopic (exact) mass is 387 g/mol. The quantitative estimate of drug-likeness (QED) is 0.517. The second kappa shape index (κ2) is 6.57. The van der Waals surface area contributed by atoms with E-state index in [2.05, 4.69) is 5.32 Å². The molecule has 1 amide bonds. The summed E-state index contributed by atoms with van der Waals surface area (Å²) >= 11 is 0. The number of nitrogens with zero attached hydrogens (tertiary/aromatic N) is 4. The maximum Gasteiger partial charge on any atom is 0.302 e. The minimum atomic E-state index is -0.801. The number of carbonyl (C=O) groups is 1. The molecule has 3 aromatic rings. The van der Waals surface area contributed by atoms with E-state index in [0.717, 1.165) is 12.1 Å². The van der Waals surface area contributed by atoms with E-state index in [1.165, 1.54) is 23.6 Å². The molecule has 0 radical (unpaired) electrons. The first-order valence-electron chi connectivity index (χ1n) is 8.01. The SMILES string of the molecule is CCn1c2ccc(NC(C)=O)c([N+](=O)[O-])c2c2cc([N+](=O)[O-])cc([N+](=O)[O-])c21. The van der Waals surface area contributed by atoms with Crippen LogP contribution in [0.3, 0.4) is 0 Å². The first-order chi connectivity index (χ1) is 13.2. The molecule has 0 saturated carbocycles. The van der Waals surface area contributed by atoms with E-state index < -0.39 is 37.7 Å². The normalized spacial score (nSPS) is 10.9. The molecule has 0 bridgehead atoms. The van der Waals surface area contributed by atoms with E-state index in [1.807, 2.05) is 0 Å². The van der Waals surface area contributed by atoms with Crippen LogP contribution in [-0.2, 0) is 11.3 Å². The van der Waals surface area contributed by atoms with Crippen molar-refractivity contribution >= 4 is 50.5 Å². The Morgan fingerprint density at radius 2 is 1.75 bits per heavy atom. The summed E-state index contributed by atoms with van der Waals surface area (Å²) < 4.78 is 1.48. The van der Waals surface area contributed by atoms with E-state index in [4.69, 9.17) is 0 Å². The standard InChI is InChI=1S/C16H13N5O7/c1-3-18-12-5-4-11(17-8(2)22)16(21(27)28)14(12)10-6-9(19(23)24)7-13(15(10)18)20(25)26/h4-7H,3H2,1-2H3,(H,17,22). The van der Waals surface area contributed by atoms with Gasteiger partial charge in [-0.25, -0.2) is 0 Å². The number of fused-ring (bicyclic) bond motifs is 3. The van der Waals surface area contributed by atoms with Gasteiger partial charge in [-0.1, -0.05) is 0 Å². The molecule has 0 aliphatic rings. The number of nitro groups is 3. The highest BCUT2D eigenvalue weighted by atomic mass is 16.6. The molecule has 144 valence electrons. The molecule has 12 heteroatoms. The highest BCUT2D eigenvalue weighted by molar-refractivity contribution is 6.18. The Balaban J connectivity index is 2.63. The van der Waals surface area contributed by atoms with Crippen molar-refractivity contribution in [1.29, 1.82) is 0 Å². The summed E-state index contributed by atoms with van der Waals surface area (Å²) in [7, 11) is 0. The first-order valence-corrected chi connectivity index (χ1v) is 8.01. The van der Waals surface area contributed by atoms with Gasteiger partial charge in [-0.05, 0) is 19.1 Å². The lowest BCUT2D eigenvalue weighted by molar-refractivity contribution is -0.393. The van der Waals surface area contributed by atoms with Crippen LogP contribution >= 0.6 is 0 Å². The molecule has 0 spiro atoms.